The third kappa shape index (κ3) is 3.66. The molecule has 0 saturated carbocycles. The molecule has 2 aromatic rings. The predicted molar refractivity (Wildman–Crippen MR) is 99.2 cm³/mol. The molecule has 2 aromatic carbocycles. The van der Waals surface area contributed by atoms with Gasteiger partial charge in [0.15, 0.2) is 0 Å². The Kier molecular flexibility index (Phi) is 4.99. The molecule has 1 saturated heterocycles. The van der Waals surface area contributed by atoms with E-state index in [1.807, 2.05) is 31.2 Å². The minimum Gasteiger partial charge on any atom is -0.268 e. The average Bonchev–Trinajstić information content (AvgIpc) is 2.80. The van der Waals surface area contributed by atoms with Gasteiger partial charge in [-0.05, 0) is 48.0 Å². The summed E-state index contributed by atoms with van der Waals surface area (Å²) in [5.74, 6) is -0.295. The highest BCUT2D eigenvalue weighted by Gasteiger charge is 2.34. The summed E-state index contributed by atoms with van der Waals surface area (Å²) in [5, 5.41) is 0.581. The molecule has 3 rings (SSSR count). The molecule has 0 bridgehead atoms. The van der Waals surface area contributed by atoms with Gasteiger partial charge >= 0.3 is 0 Å². The van der Waals surface area contributed by atoms with E-state index in [1.165, 1.54) is 4.90 Å². The fourth-order valence-corrected chi connectivity index (χ4v) is 3.41. The number of carbonyl (C=O) groups is 2. The van der Waals surface area contributed by atoms with Crippen LogP contribution in [0.25, 0.3) is 6.08 Å². The molecule has 3 nitrogen and oxygen atoms in total. The van der Waals surface area contributed by atoms with Crippen LogP contribution in [0.2, 0.25) is 10.0 Å². The van der Waals surface area contributed by atoms with Crippen molar-refractivity contribution in [1.29, 1.82) is 0 Å². The van der Waals surface area contributed by atoms with Gasteiger partial charge in [-0.1, -0.05) is 59.1 Å². The minimum absolute atomic E-state index is 0.268. The summed E-state index contributed by atoms with van der Waals surface area (Å²) in [6, 6.07) is 12.8. The molecule has 2 amide bonds. The first-order chi connectivity index (χ1) is 11.4. The van der Waals surface area contributed by atoms with Crippen molar-refractivity contribution in [3.8, 4) is 0 Å². The van der Waals surface area contributed by atoms with Crippen LogP contribution in [0.5, 0.6) is 0 Å². The molecule has 6 heteroatoms. The monoisotopic (exact) mass is 377 g/mol. The fraction of sp³-hybridized carbons (Fsp3) is 0.111. The van der Waals surface area contributed by atoms with Crippen molar-refractivity contribution in [2.45, 2.75) is 13.5 Å². The van der Waals surface area contributed by atoms with Gasteiger partial charge in [-0.3, -0.25) is 14.5 Å². The number of nitrogens with zero attached hydrogens (tertiary/aromatic N) is 1. The second-order valence-corrected chi connectivity index (χ2v) is 7.23. The number of halogens is 2. The normalized spacial score (nSPS) is 16.3. The number of aryl methyl sites for hydroxylation is 1. The lowest BCUT2D eigenvalue weighted by molar-refractivity contribution is -0.123. The number of benzene rings is 2. The maximum atomic E-state index is 12.5. The van der Waals surface area contributed by atoms with E-state index in [1.54, 1.807) is 24.3 Å². The van der Waals surface area contributed by atoms with E-state index in [9.17, 15) is 9.59 Å². The van der Waals surface area contributed by atoms with E-state index in [0.29, 0.717) is 15.0 Å². The number of hydrogen-bond acceptors (Lipinski definition) is 3. The smallest absolute Gasteiger partial charge is 0.268 e. The fourth-order valence-electron chi connectivity index (χ4n) is 2.27. The van der Waals surface area contributed by atoms with E-state index < -0.39 is 0 Å². The molecule has 24 heavy (non-hydrogen) atoms. The van der Waals surface area contributed by atoms with E-state index in [-0.39, 0.29) is 17.7 Å². The largest absolute Gasteiger partial charge is 0.293 e. The van der Waals surface area contributed by atoms with Gasteiger partial charge in [-0.25, -0.2) is 0 Å². The minimum atomic E-state index is -0.295. The van der Waals surface area contributed by atoms with Gasteiger partial charge in [0.2, 0.25) is 0 Å². The van der Waals surface area contributed by atoms with Crippen molar-refractivity contribution in [2.75, 3.05) is 0 Å². The molecule has 1 aliphatic heterocycles. The first kappa shape index (κ1) is 17.1. The second-order valence-electron chi connectivity index (χ2n) is 5.43. The highest BCUT2D eigenvalue weighted by molar-refractivity contribution is 8.18. The number of imide groups is 1. The van der Waals surface area contributed by atoms with Crippen LogP contribution in [-0.2, 0) is 11.3 Å². The van der Waals surface area contributed by atoms with Crippen LogP contribution in [0.1, 0.15) is 16.7 Å². The summed E-state index contributed by atoms with van der Waals surface area (Å²) in [6.45, 7) is 2.26. The SMILES string of the molecule is Cc1ccc(CN2C(=O)S/C(=C\c3ccc(Cl)c(Cl)c3)C2=O)cc1. The topological polar surface area (TPSA) is 37.4 Å². The highest BCUT2D eigenvalue weighted by Crippen LogP contribution is 2.34. The summed E-state index contributed by atoms with van der Waals surface area (Å²) in [6.07, 6.45) is 1.66. The van der Waals surface area contributed by atoms with Crippen LogP contribution in [0.3, 0.4) is 0 Å². The number of amides is 2. The zero-order valence-electron chi connectivity index (χ0n) is 12.8. The average molecular weight is 378 g/mol. The van der Waals surface area contributed by atoms with Crippen molar-refractivity contribution >= 4 is 52.2 Å². The van der Waals surface area contributed by atoms with Crippen LogP contribution < -0.4 is 0 Å². The molecule has 0 atom stereocenters. The zero-order chi connectivity index (χ0) is 17.3. The van der Waals surface area contributed by atoms with E-state index in [0.717, 1.165) is 28.5 Å². The number of carbonyl (C=O) groups excluding carboxylic acids is 2. The number of rotatable bonds is 3. The Morgan fingerprint density at radius 1 is 1.04 bits per heavy atom. The summed E-state index contributed by atoms with van der Waals surface area (Å²) in [7, 11) is 0. The Morgan fingerprint density at radius 2 is 1.75 bits per heavy atom. The summed E-state index contributed by atoms with van der Waals surface area (Å²) >= 11 is 12.8. The quantitative estimate of drug-likeness (QED) is 0.659. The lowest BCUT2D eigenvalue weighted by Gasteiger charge is -2.12. The lowest BCUT2D eigenvalue weighted by Crippen LogP contribution is -2.27. The predicted octanol–water partition coefficient (Wildman–Crippen LogP) is 5.54. The van der Waals surface area contributed by atoms with Crippen LogP contribution >= 0.6 is 35.0 Å². The molecule has 0 radical (unpaired) electrons. The summed E-state index contributed by atoms with van der Waals surface area (Å²) in [4.78, 5) is 26.3. The Bertz CT molecular complexity index is 847. The third-order valence-corrected chi connectivity index (χ3v) is 5.22. The van der Waals surface area contributed by atoms with Crippen molar-refractivity contribution in [2.24, 2.45) is 0 Å². The number of thioether (sulfide) groups is 1. The molecule has 0 spiro atoms. The summed E-state index contributed by atoms with van der Waals surface area (Å²) in [5.41, 5.74) is 2.77. The molecule has 1 aliphatic rings. The van der Waals surface area contributed by atoms with Gasteiger partial charge in [0.25, 0.3) is 11.1 Å². The van der Waals surface area contributed by atoms with E-state index in [2.05, 4.69) is 0 Å². The van der Waals surface area contributed by atoms with E-state index in [4.69, 9.17) is 23.2 Å². The Morgan fingerprint density at radius 3 is 2.42 bits per heavy atom. The van der Waals surface area contributed by atoms with Crippen molar-refractivity contribution in [3.05, 3.63) is 74.1 Å². The first-order valence-electron chi connectivity index (χ1n) is 7.20. The molecule has 1 fully saturated rings. The standard InChI is InChI=1S/C18H13Cl2NO2S/c1-11-2-4-12(5-3-11)10-21-17(22)16(24-18(21)23)9-13-6-7-14(19)15(20)8-13/h2-9H,10H2,1H3/b16-9-. The molecule has 0 unspecified atom stereocenters. The Balaban J connectivity index is 1.81. The molecule has 1 heterocycles. The van der Waals surface area contributed by atoms with Crippen LogP contribution in [0.15, 0.2) is 47.4 Å². The van der Waals surface area contributed by atoms with Crippen molar-refractivity contribution in [1.82, 2.24) is 4.90 Å². The van der Waals surface area contributed by atoms with Gasteiger partial charge in [0.05, 0.1) is 21.5 Å². The molecule has 0 aliphatic carbocycles. The molecule has 0 N–H and O–H groups in total. The van der Waals surface area contributed by atoms with Gasteiger partial charge < -0.3 is 0 Å². The molecular formula is C18H13Cl2NO2S. The van der Waals surface area contributed by atoms with Gasteiger partial charge in [0, 0.05) is 0 Å². The van der Waals surface area contributed by atoms with Gasteiger partial charge in [-0.2, -0.15) is 0 Å². The first-order valence-corrected chi connectivity index (χ1v) is 8.77. The molecule has 122 valence electrons. The van der Waals surface area contributed by atoms with Crippen molar-refractivity contribution in [3.63, 3.8) is 0 Å². The molecule has 0 aromatic heterocycles. The van der Waals surface area contributed by atoms with Crippen molar-refractivity contribution < 1.29 is 9.59 Å². The Labute approximate surface area is 154 Å². The van der Waals surface area contributed by atoms with Gasteiger partial charge in [0.1, 0.15) is 0 Å². The van der Waals surface area contributed by atoms with E-state index >= 15 is 0 Å². The maximum Gasteiger partial charge on any atom is 0.293 e. The second kappa shape index (κ2) is 7.01. The highest BCUT2D eigenvalue weighted by atomic mass is 35.5. The van der Waals surface area contributed by atoms with Gasteiger partial charge in [-0.15, -0.1) is 0 Å². The zero-order valence-corrected chi connectivity index (χ0v) is 15.1. The lowest BCUT2D eigenvalue weighted by atomic mass is 10.1. The van der Waals surface area contributed by atoms with Crippen LogP contribution in [0, 0.1) is 6.92 Å². The maximum absolute atomic E-state index is 12.5. The number of hydrogen-bond donors (Lipinski definition) is 0. The Hall–Kier alpha value is -1.75. The van der Waals surface area contributed by atoms with Crippen LogP contribution in [0.4, 0.5) is 4.79 Å². The third-order valence-electron chi connectivity index (χ3n) is 3.58. The molecular weight excluding hydrogens is 365 g/mol. The summed E-state index contributed by atoms with van der Waals surface area (Å²) < 4.78 is 0. The van der Waals surface area contributed by atoms with Crippen LogP contribution in [-0.4, -0.2) is 16.0 Å².